The molecular weight excluding hydrogens is 286 g/mol. The van der Waals surface area contributed by atoms with Crippen LogP contribution in [-0.2, 0) is 6.54 Å². The van der Waals surface area contributed by atoms with Crippen LogP contribution in [0.1, 0.15) is 44.1 Å². The van der Waals surface area contributed by atoms with Gasteiger partial charge in [-0.1, -0.05) is 47.0 Å². The Hall–Kier alpha value is -0.340. The van der Waals surface area contributed by atoms with Gasteiger partial charge in [-0.3, -0.25) is 4.90 Å². The van der Waals surface area contributed by atoms with Gasteiger partial charge in [0.05, 0.1) is 0 Å². The van der Waals surface area contributed by atoms with Crippen molar-refractivity contribution in [2.45, 2.75) is 51.1 Å². The molecule has 1 aliphatic carbocycles. The van der Waals surface area contributed by atoms with Gasteiger partial charge in [0.2, 0.25) is 0 Å². The predicted molar refractivity (Wildman–Crippen MR) is 79.5 cm³/mol. The van der Waals surface area contributed by atoms with E-state index >= 15 is 0 Å². The van der Waals surface area contributed by atoms with Gasteiger partial charge in [0.25, 0.3) is 0 Å². The number of nitrogens with zero attached hydrogens (tertiary/aromatic N) is 1. The highest BCUT2D eigenvalue weighted by Gasteiger charge is 2.33. The highest BCUT2D eigenvalue weighted by Crippen LogP contribution is 2.36. The van der Waals surface area contributed by atoms with Gasteiger partial charge in [0.15, 0.2) is 0 Å². The molecule has 0 aromatic heterocycles. The molecule has 0 radical (unpaired) electrons. The zero-order valence-corrected chi connectivity index (χ0v) is 12.5. The molecule has 1 heterocycles. The van der Waals surface area contributed by atoms with E-state index in [-0.39, 0.29) is 0 Å². The summed E-state index contributed by atoms with van der Waals surface area (Å²) in [5, 5.41) is 0. The normalized spacial score (nSPS) is 25.9. The van der Waals surface area contributed by atoms with Gasteiger partial charge in [-0.25, -0.2) is 0 Å². The zero-order valence-electron chi connectivity index (χ0n) is 10.9. The fourth-order valence-electron chi connectivity index (χ4n) is 3.77. The SMILES string of the molecule is Brc1ccccc1CN1CCCC1C1CCCC1. The fraction of sp³-hybridized carbons (Fsp3) is 0.625. The minimum atomic E-state index is 0.861. The van der Waals surface area contributed by atoms with Crippen molar-refractivity contribution in [3.05, 3.63) is 34.3 Å². The lowest BCUT2D eigenvalue weighted by atomic mass is 9.96. The average molecular weight is 308 g/mol. The fourth-order valence-corrected chi connectivity index (χ4v) is 4.18. The number of rotatable bonds is 3. The molecule has 18 heavy (non-hydrogen) atoms. The van der Waals surface area contributed by atoms with Crippen LogP contribution in [-0.4, -0.2) is 17.5 Å². The van der Waals surface area contributed by atoms with Crippen LogP contribution >= 0.6 is 15.9 Å². The number of hydrogen-bond donors (Lipinski definition) is 0. The molecule has 1 aliphatic heterocycles. The highest BCUT2D eigenvalue weighted by molar-refractivity contribution is 9.10. The molecule has 0 N–H and O–H groups in total. The molecule has 3 rings (SSSR count). The molecule has 1 saturated heterocycles. The lowest BCUT2D eigenvalue weighted by Crippen LogP contribution is -2.34. The summed E-state index contributed by atoms with van der Waals surface area (Å²) in [7, 11) is 0. The smallest absolute Gasteiger partial charge is 0.0247 e. The third-order valence-electron chi connectivity index (χ3n) is 4.69. The van der Waals surface area contributed by atoms with Gasteiger partial charge < -0.3 is 0 Å². The first-order valence-electron chi connectivity index (χ1n) is 7.32. The molecule has 2 aliphatic rings. The zero-order chi connectivity index (χ0) is 12.4. The summed E-state index contributed by atoms with van der Waals surface area (Å²) in [5.74, 6) is 0.981. The summed E-state index contributed by atoms with van der Waals surface area (Å²) in [6, 6.07) is 9.54. The predicted octanol–water partition coefficient (Wildman–Crippen LogP) is 4.60. The van der Waals surface area contributed by atoms with E-state index in [1.54, 1.807) is 0 Å². The van der Waals surface area contributed by atoms with Crippen molar-refractivity contribution < 1.29 is 0 Å². The van der Waals surface area contributed by atoms with Crippen molar-refractivity contribution in [3.8, 4) is 0 Å². The van der Waals surface area contributed by atoms with Gasteiger partial charge >= 0.3 is 0 Å². The summed E-state index contributed by atoms with van der Waals surface area (Å²) in [6.07, 6.45) is 8.68. The molecule has 1 unspecified atom stereocenters. The van der Waals surface area contributed by atoms with Gasteiger partial charge in [-0.2, -0.15) is 0 Å². The van der Waals surface area contributed by atoms with Crippen molar-refractivity contribution in [2.75, 3.05) is 6.54 Å². The monoisotopic (exact) mass is 307 g/mol. The molecule has 0 bridgehead atoms. The minimum Gasteiger partial charge on any atom is -0.296 e. The first kappa shape index (κ1) is 12.7. The van der Waals surface area contributed by atoms with E-state index in [4.69, 9.17) is 0 Å². The van der Waals surface area contributed by atoms with E-state index in [0.29, 0.717) is 0 Å². The number of benzene rings is 1. The Morgan fingerprint density at radius 2 is 1.83 bits per heavy atom. The van der Waals surface area contributed by atoms with Crippen LogP contribution in [0.15, 0.2) is 28.7 Å². The molecule has 98 valence electrons. The Morgan fingerprint density at radius 3 is 2.61 bits per heavy atom. The third-order valence-corrected chi connectivity index (χ3v) is 5.46. The van der Waals surface area contributed by atoms with Gasteiger partial charge in [0, 0.05) is 17.1 Å². The third kappa shape index (κ3) is 2.65. The van der Waals surface area contributed by atoms with E-state index in [2.05, 4.69) is 45.1 Å². The van der Waals surface area contributed by atoms with Crippen molar-refractivity contribution in [1.82, 2.24) is 4.90 Å². The molecule has 1 aromatic carbocycles. The summed E-state index contributed by atoms with van der Waals surface area (Å²) in [5.41, 5.74) is 1.45. The summed E-state index contributed by atoms with van der Waals surface area (Å²) >= 11 is 3.68. The molecule has 1 saturated carbocycles. The van der Waals surface area contributed by atoms with Crippen molar-refractivity contribution in [1.29, 1.82) is 0 Å². The molecule has 2 heteroatoms. The Kier molecular flexibility index (Phi) is 4.05. The largest absolute Gasteiger partial charge is 0.296 e. The van der Waals surface area contributed by atoms with E-state index in [1.807, 2.05) is 0 Å². The molecule has 1 nitrogen and oxygen atoms in total. The summed E-state index contributed by atoms with van der Waals surface area (Å²) in [6.45, 7) is 2.42. The first-order chi connectivity index (χ1) is 8.84. The van der Waals surface area contributed by atoms with E-state index in [9.17, 15) is 0 Å². The Morgan fingerprint density at radius 1 is 1.06 bits per heavy atom. The van der Waals surface area contributed by atoms with Crippen LogP contribution in [0.2, 0.25) is 0 Å². The average Bonchev–Trinajstić information content (AvgIpc) is 3.02. The van der Waals surface area contributed by atoms with Crippen LogP contribution in [0.4, 0.5) is 0 Å². The Balaban J connectivity index is 1.69. The quantitative estimate of drug-likeness (QED) is 0.788. The number of hydrogen-bond acceptors (Lipinski definition) is 1. The maximum atomic E-state index is 3.68. The van der Waals surface area contributed by atoms with E-state index in [1.165, 1.54) is 55.1 Å². The van der Waals surface area contributed by atoms with Gasteiger partial charge in [-0.15, -0.1) is 0 Å². The molecule has 0 amide bonds. The van der Waals surface area contributed by atoms with Gasteiger partial charge in [-0.05, 0) is 49.8 Å². The second-order valence-corrected chi connectivity index (χ2v) is 6.67. The topological polar surface area (TPSA) is 3.24 Å². The minimum absolute atomic E-state index is 0.861. The standard InChI is InChI=1S/C16H22BrN/c17-15-9-4-3-8-14(15)12-18-11-5-10-16(18)13-6-1-2-7-13/h3-4,8-9,13,16H,1-2,5-7,10-12H2. The van der Waals surface area contributed by atoms with Crippen molar-refractivity contribution >= 4 is 15.9 Å². The molecule has 2 fully saturated rings. The Labute approximate surface area is 119 Å². The molecule has 1 atom stereocenters. The maximum absolute atomic E-state index is 3.68. The van der Waals surface area contributed by atoms with Gasteiger partial charge in [0.1, 0.15) is 0 Å². The van der Waals surface area contributed by atoms with Crippen molar-refractivity contribution in [2.24, 2.45) is 5.92 Å². The number of halogens is 1. The highest BCUT2D eigenvalue weighted by atomic mass is 79.9. The van der Waals surface area contributed by atoms with Crippen molar-refractivity contribution in [3.63, 3.8) is 0 Å². The molecule has 0 spiro atoms. The van der Waals surface area contributed by atoms with Crippen LogP contribution in [0.25, 0.3) is 0 Å². The first-order valence-corrected chi connectivity index (χ1v) is 8.11. The van der Waals surface area contributed by atoms with Crippen LogP contribution in [0.3, 0.4) is 0 Å². The van der Waals surface area contributed by atoms with Crippen LogP contribution in [0.5, 0.6) is 0 Å². The lowest BCUT2D eigenvalue weighted by molar-refractivity contribution is 0.183. The summed E-state index contributed by atoms with van der Waals surface area (Å²) in [4.78, 5) is 2.73. The lowest BCUT2D eigenvalue weighted by Gasteiger charge is -2.29. The van der Waals surface area contributed by atoms with Crippen LogP contribution in [0, 0.1) is 5.92 Å². The molecule has 1 aromatic rings. The second-order valence-electron chi connectivity index (χ2n) is 5.82. The van der Waals surface area contributed by atoms with E-state index < -0.39 is 0 Å². The molecular formula is C16H22BrN. The van der Waals surface area contributed by atoms with E-state index in [0.717, 1.165) is 18.5 Å². The second kappa shape index (κ2) is 5.75. The van der Waals surface area contributed by atoms with Crippen LogP contribution < -0.4 is 0 Å². The Bertz CT molecular complexity index is 398. The summed E-state index contributed by atoms with van der Waals surface area (Å²) < 4.78 is 1.27. The number of likely N-dealkylation sites (tertiary alicyclic amines) is 1. The maximum Gasteiger partial charge on any atom is 0.0247 e.